The molecule has 0 aromatic rings. The lowest BCUT2D eigenvalue weighted by Gasteiger charge is -2.27. The summed E-state index contributed by atoms with van der Waals surface area (Å²) in [6.07, 6.45) is 0.358. The van der Waals surface area contributed by atoms with Gasteiger partial charge in [-0.15, -0.1) is 0 Å². The molecule has 3 N–H and O–H groups in total. The van der Waals surface area contributed by atoms with E-state index in [-0.39, 0.29) is 6.10 Å². The Balaban J connectivity index is 3.77. The Hall–Kier alpha value is -0.160. The van der Waals surface area contributed by atoms with Crippen LogP contribution in [-0.2, 0) is 4.74 Å². The van der Waals surface area contributed by atoms with Crippen molar-refractivity contribution >= 4 is 0 Å². The number of hydrogen-bond acceptors (Lipinski definition) is 4. The van der Waals surface area contributed by atoms with E-state index in [1.54, 1.807) is 7.11 Å². The molecule has 0 heterocycles. The van der Waals surface area contributed by atoms with Crippen LogP contribution in [0.5, 0.6) is 0 Å². The van der Waals surface area contributed by atoms with Gasteiger partial charge in [-0.25, -0.2) is 0 Å². The molecule has 0 aliphatic heterocycles. The Kier molecular flexibility index (Phi) is 8.08. The average Bonchev–Trinajstić information content (AvgIpc) is 2.18. The average molecular weight is 204 g/mol. The number of aliphatic hydroxyl groups is 1. The summed E-state index contributed by atoms with van der Waals surface area (Å²) in [7, 11) is 1.71. The lowest BCUT2D eigenvalue weighted by atomic mass is 10.2. The summed E-state index contributed by atoms with van der Waals surface area (Å²) in [4.78, 5) is 2.28. The van der Waals surface area contributed by atoms with E-state index >= 15 is 0 Å². The van der Waals surface area contributed by atoms with Gasteiger partial charge in [0, 0.05) is 26.2 Å². The van der Waals surface area contributed by atoms with E-state index in [9.17, 15) is 5.11 Å². The molecule has 0 aliphatic rings. The number of likely N-dealkylation sites (N-methyl/N-ethyl adjacent to an activating group) is 1. The smallest absolute Gasteiger partial charge is 0.0674 e. The van der Waals surface area contributed by atoms with E-state index in [0.717, 1.165) is 26.1 Å². The van der Waals surface area contributed by atoms with Crippen molar-refractivity contribution in [2.24, 2.45) is 5.73 Å². The van der Waals surface area contributed by atoms with Gasteiger partial charge in [-0.05, 0) is 19.9 Å². The van der Waals surface area contributed by atoms with Gasteiger partial charge in [-0.1, -0.05) is 6.92 Å². The third kappa shape index (κ3) is 5.54. The van der Waals surface area contributed by atoms with Gasteiger partial charge in [0.15, 0.2) is 0 Å². The molecule has 0 rings (SSSR count). The van der Waals surface area contributed by atoms with Gasteiger partial charge < -0.3 is 15.6 Å². The summed E-state index contributed by atoms with van der Waals surface area (Å²) >= 11 is 0. The van der Waals surface area contributed by atoms with Crippen molar-refractivity contribution in [2.45, 2.75) is 32.4 Å². The number of ether oxygens (including phenoxy) is 1. The summed E-state index contributed by atoms with van der Waals surface area (Å²) in [6, 6.07) is 0.398. The predicted octanol–water partition coefficient (Wildman–Crippen LogP) is 0.0529. The highest BCUT2D eigenvalue weighted by Gasteiger charge is 2.12. The Morgan fingerprint density at radius 1 is 1.50 bits per heavy atom. The first-order valence-corrected chi connectivity index (χ1v) is 5.26. The molecule has 0 bridgehead atoms. The van der Waals surface area contributed by atoms with Crippen molar-refractivity contribution in [3.8, 4) is 0 Å². The molecule has 4 heteroatoms. The van der Waals surface area contributed by atoms with Crippen LogP contribution in [0.15, 0.2) is 0 Å². The quantitative estimate of drug-likeness (QED) is 0.587. The van der Waals surface area contributed by atoms with Crippen molar-refractivity contribution in [1.82, 2.24) is 4.90 Å². The first-order valence-electron chi connectivity index (χ1n) is 5.26. The Morgan fingerprint density at radius 3 is 2.57 bits per heavy atom. The second-order valence-corrected chi connectivity index (χ2v) is 3.61. The molecule has 0 amide bonds. The van der Waals surface area contributed by atoms with Gasteiger partial charge in [0.25, 0.3) is 0 Å². The van der Waals surface area contributed by atoms with Crippen molar-refractivity contribution < 1.29 is 9.84 Å². The van der Waals surface area contributed by atoms with Gasteiger partial charge in [0.05, 0.1) is 12.7 Å². The lowest BCUT2D eigenvalue weighted by molar-refractivity contribution is 0.0858. The molecule has 0 saturated heterocycles. The maximum Gasteiger partial charge on any atom is 0.0674 e. The number of rotatable bonds is 8. The molecule has 0 aromatic heterocycles. The van der Waals surface area contributed by atoms with Gasteiger partial charge in [-0.3, -0.25) is 4.90 Å². The summed E-state index contributed by atoms with van der Waals surface area (Å²) in [6.45, 7) is 7.16. The molecule has 86 valence electrons. The maximum atomic E-state index is 9.33. The minimum Gasteiger partial charge on any atom is -0.392 e. The van der Waals surface area contributed by atoms with Crippen molar-refractivity contribution in [3.05, 3.63) is 0 Å². The van der Waals surface area contributed by atoms with Crippen LogP contribution in [0.1, 0.15) is 20.3 Å². The zero-order valence-electron chi connectivity index (χ0n) is 9.57. The Bertz CT molecular complexity index is 133. The topological polar surface area (TPSA) is 58.7 Å². The number of nitrogens with zero attached hydrogens (tertiary/aromatic N) is 1. The fourth-order valence-electron chi connectivity index (χ4n) is 1.47. The van der Waals surface area contributed by atoms with Crippen molar-refractivity contribution in [2.75, 3.05) is 33.4 Å². The number of hydrogen-bond donors (Lipinski definition) is 2. The minimum absolute atomic E-state index is 0.343. The third-order valence-corrected chi connectivity index (χ3v) is 2.46. The minimum atomic E-state index is -0.376. The molecule has 0 fully saturated rings. The molecule has 0 aliphatic carbocycles. The van der Waals surface area contributed by atoms with E-state index in [4.69, 9.17) is 10.5 Å². The summed E-state index contributed by atoms with van der Waals surface area (Å²) in [5.74, 6) is 0. The summed E-state index contributed by atoms with van der Waals surface area (Å²) in [5, 5.41) is 9.33. The SMILES string of the molecule is CCN(CCC(O)CN)C(C)COC. The Morgan fingerprint density at radius 2 is 2.14 bits per heavy atom. The molecular formula is C10H24N2O2. The highest BCUT2D eigenvalue weighted by molar-refractivity contribution is 4.67. The van der Waals surface area contributed by atoms with Crippen LogP contribution in [0.3, 0.4) is 0 Å². The molecule has 2 atom stereocenters. The molecule has 0 aromatic carbocycles. The molecule has 2 unspecified atom stereocenters. The van der Waals surface area contributed by atoms with Crippen molar-refractivity contribution in [1.29, 1.82) is 0 Å². The van der Waals surface area contributed by atoms with Crippen LogP contribution in [0.4, 0.5) is 0 Å². The molecule has 0 spiro atoms. The van der Waals surface area contributed by atoms with Crippen LogP contribution >= 0.6 is 0 Å². The second-order valence-electron chi connectivity index (χ2n) is 3.61. The van der Waals surface area contributed by atoms with E-state index < -0.39 is 0 Å². The molecule has 0 radical (unpaired) electrons. The van der Waals surface area contributed by atoms with Gasteiger partial charge in [0.2, 0.25) is 0 Å². The lowest BCUT2D eigenvalue weighted by Crippen LogP contribution is -2.38. The molecule has 14 heavy (non-hydrogen) atoms. The molecular weight excluding hydrogens is 180 g/mol. The summed E-state index contributed by atoms with van der Waals surface area (Å²) < 4.78 is 5.09. The largest absolute Gasteiger partial charge is 0.392 e. The van der Waals surface area contributed by atoms with E-state index in [1.165, 1.54) is 0 Å². The standard InChI is InChI=1S/C10H24N2O2/c1-4-12(9(2)8-14-3)6-5-10(13)7-11/h9-10,13H,4-8,11H2,1-3H3. The van der Waals surface area contributed by atoms with E-state index in [1.807, 2.05) is 0 Å². The maximum absolute atomic E-state index is 9.33. The first-order chi connectivity index (χ1) is 6.65. The molecule has 4 nitrogen and oxygen atoms in total. The van der Waals surface area contributed by atoms with Gasteiger partial charge in [-0.2, -0.15) is 0 Å². The fraction of sp³-hybridized carbons (Fsp3) is 1.00. The van der Waals surface area contributed by atoms with Crippen LogP contribution in [0.2, 0.25) is 0 Å². The zero-order valence-corrected chi connectivity index (χ0v) is 9.57. The zero-order chi connectivity index (χ0) is 11.0. The predicted molar refractivity (Wildman–Crippen MR) is 58.3 cm³/mol. The normalized spacial score (nSPS) is 15.9. The van der Waals surface area contributed by atoms with Crippen LogP contribution in [-0.4, -0.2) is 55.5 Å². The highest BCUT2D eigenvalue weighted by atomic mass is 16.5. The van der Waals surface area contributed by atoms with E-state index in [0.29, 0.717) is 12.6 Å². The summed E-state index contributed by atoms with van der Waals surface area (Å²) in [5.41, 5.74) is 5.34. The first kappa shape index (κ1) is 13.8. The van der Waals surface area contributed by atoms with Gasteiger partial charge in [0.1, 0.15) is 0 Å². The highest BCUT2D eigenvalue weighted by Crippen LogP contribution is 2.02. The van der Waals surface area contributed by atoms with Gasteiger partial charge >= 0.3 is 0 Å². The van der Waals surface area contributed by atoms with E-state index in [2.05, 4.69) is 18.7 Å². The van der Waals surface area contributed by atoms with Crippen LogP contribution < -0.4 is 5.73 Å². The van der Waals surface area contributed by atoms with Crippen LogP contribution in [0, 0.1) is 0 Å². The third-order valence-electron chi connectivity index (χ3n) is 2.46. The number of nitrogens with two attached hydrogens (primary N) is 1. The number of methoxy groups -OCH3 is 1. The van der Waals surface area contributed by atoms with Crippen molar-refractivity contribution in [3.63, 3.8) is 0 Å². The fourth-order valence-corrected chi connectivity index (χ4v) is 1.47. The monoisotopic (exact) mass is 204 g/mol. The second kappa shape index (κ2) is 8.17. The van der Waals surface area contributed by atoms with Crippen LogP contribution in [0.25, 0.3) is 0 Å². The Labute approximate surface area is 87.0 Å². The number of aliphatic hydroxyl groups excluding tert-OH is 1. The molecule has 0 saturated carbocycles.